The van der Waals surface area contributed by atoms with Gasteiger partial charge < -0.3 is 19.7 Å². The SMILES string of the molecule is C=CCC1(C(=O)OCC)CCCC(C(C)=O)C1.CCOC(=O)C1(CC(O)CO)CCCC(C(C)=O)C1. The lowest BCUT2D eigenvalue weighted by atomic mass is 9.66. The van der Waals surface area contributed by atoms with Gasteiger partial charge in [-0.1, -0.05) is 18.9 Å². The molecule has 2 aliphatic carbocycles. The summed E-state index contributed by atoms with van der Waals surface area (Å²) in [6.45, 7) is 10.7. The second-order valence-electron chi connectivity index (χ2n) is 10.3. The maximum Gasteiger partial charge on any atom is 0.312 e. The minimum absolute atomic E-state index is 0.00751. The molecule has 0 aromatic carbocycles. The quantitative estimate of drug-likeness (QED) is 0.316. The fourth-order valence-electron chi connectivity index (χ4n) is 5.69. The summed E-state index contributed by atoms with van der Waals surface area (Å²) in [5.41, 5.74) is -1.33. The number of rotatable bonds is 11. The molecule has 0 saturated heterocycles. The van der Waals surface area contributed by atoms with Crippen molar-refractivity contribution >= 4 is 23.5 Å². The predicted octanol–water partition coefficient (Wildman–Crippen LogP) is 3.95. The van der Waals surface area contributed by atoms with Gasteiger partial charge in [-0.15, -0.1) is 6.58 Å². The van der Waals surface area contributed by atoms with Crippen LogP contribution in [0.2, 0.25) is 0 Å². The van der Waals surface area contributed by atoms with Gasteiger partial charge in [0.1, 0.15) is 11.6 Å². The van der Waals surface area contributed by atoms with Gasteiger partial charge in [0, 0.05) is 11.8 Å². The molecule has 0 aliphatic heterocycles. The zero-order valence-corrected chi connectivity index (χ0v) is 22.6. The molecule has 0 spiro atoms. The molecule has 0 heterocycles. The first-order valence-electron chi connectivity index (χ1n) is 13.3. The summed E-state index contributed by atoms with van der Waals surface area (Å²) in [6, 6.07) is 0. The minimum atomic E-state index is -0.949. The van der Waals surface area contributed by atoms with Gasteiger partial charge in [0.2, 0.25) is 0 Å². The topological polar surface area (TPSA) is 127 Å². The van der Waals surface area contributed by atoms with E-state index in [2.05, 4.69) is 6.58 Å². The highest BCUT2D eigenvalue weighted by Gasteiger charge is 2.46. The van der Waals surface area contributed by atoms with E-state index in [0.717, 1.165) is 32.1 Å². The number of ketones is 2. The lowest BCUT2D eigenvalue weighted by Gasteiger charge is -2.39. The van der Waals surface area contributed by atoms with E-state index >= 15 is 0 Å². The van der Waals surface area contributed by atoms with Gasteiger partial charge in [0.25, 0.3) is 0 Å². The molecule has 8 heteroatoms. The third-order valence-corrected chi connectivity index (χ3v) is 7.63. The Morgan fingerprint density at radius 1 is 0.917 bits per heavy atom. The molecule has 0 amide bonds. The molecule has 0 aromatic heterocycles. The Kier molecular flexibility index (Phi) is 13.5. The Morgan fingerprint density at radius 2 is 1.36 bits per heavy atom. The van der Waals surface area contributed by atoms with Crippen LogP contribution in [0, 0.1) is 22.7 Å². The Bertz CT molecular complexity index is 763. The molecule has 2 aliphatic rings. The van der Waals surface area contributed by atoms with Crippen LogP contribution in [0.1, 0.15) is 91.9 Å². The van der Waals surface area contributed by atoms with Crippen LogP contribution >= 0.6 is 0 Å². The van der Waals surface area contributed by atoms with Crippen molar-refractivity contribution in [1.29, 1.82) is 0 Å². The van der Waals surface area contributed by atoms with Gasteiger partial charge in [0.05, 0.1) is 36.8 Å². The maximum absolute atomic E-state index is 12.2. The molecule has 8 nitrogen and oxygen atoms in total. The van der Waals surface area contributed by atoms with Crippen LogP contribution in [-0.2, 0) is 28.7 Å². The maximum atomic E-state index is 12.2. The summed E-state index contributed by atoms with van der Waals surface area (Å²) in [6.07, 6.45) is 7.38. The molecule has 36 heavy (non-hydrogen) atoms. The van der Waals surface area contributed by atoms with Crippen molar-refractivity contribution in [3.8, 4) is 0 Å². The number of hydrogen-bond acceptors (Lipinski definition) is 8. The first kappa shape index (κ1) is 32.0. The minimum Gasteiger partial charge on any atom is -0.466 e. The third-order valence-electron chi connectivity index (χ3n) is 7.63. The van der Waals surface area contributed by atoms with Crippen molar-refractivity contribution in [2.75, 3.05) is 19.8 Å². The Morgan fingerprint density at radius 3 is 1.78 bits per heavy atom. The number of aliphatic hydroxyl groups excluding tert-OH is 2. The van der Waals surface area contributed by atoms with Crippen molar-refractivity contribution in [3.63, 3.8) is 0 Å². The van der Waals surface area contributed by atoms with Crippen LogP contribution in [0.25, 0.3) is 0 Å². The average Bonchev–Trinajstić information content (AvgIpc) is 2.85. The Balaban J connectivity index is 0.000000362. The number of hydrogen-bond donors (Lipinski definition) is 2. The van der Waals surface area contributed by atoms with Crippen molar-refractivity contribution in [2.45, 2.75) is 98.0 Å². The monoisotopic (exact) mass is 510 g/mol. The number of allylic oxidation sites excluding steroid dienone is 1. The highest BCUT2D eigenvalue weighted by molar-refractivity contribution is 5.82. The van der Waals surface area contributed by atoms with Crippen LogP contribution in [0.5, 0.6) is 0 Å². The van der Waals surface area contributed by atoms with Crippen LogP contribution in [-0.4, -0.2) is 59.6 Å². The molecule has 0 aromatic rings. The molecule has 5 atom stereocenters. The first-order chi connectivity index (χ1) is 17.0. The lowest BCUT2D eigenvalue weighted by Crippen LogP contribution is -2.42. The third kappa shape index (κ3) is 8.80. The van der Waals surface area contributed by atoms with Gasteiger partial charge in [-0.05, 0) is 79.1 Å². The second-order valence-corrected chi connectivity index (χ2v) is 10.3. The zero-order chi connectivity index (χ0) is 27.4. The van der Waals surface area contributed by atoms with Gasteiger partial charge in [-0.3, -0.25) is 19.2 Å². The van der Waals surface area contributed by atoms with E-state index in [0.29, 0.717) is 32.3 Å². The number of aliphatic hydroxyl groups is 2. The molecule has 0 bridgehead atoms. The fraction of sp³-hybridized carbons (Fsp3) is 0.786. The first-order valence-corrected chi connectivity index (χ1v) is 13.3. The van der Waals surface area contributed by atoms with E-state index in [-0.39, 0.29) is 55.0 Å². The molecule has 206 valence electrons. The Labute approximate surface area is 215 Å². The van der Waals surface area contributed by atoms with E-state index in [1.807, 2.05) is 6.92 Å². The summed E-state index contributed by atoms with van der Waals surface area (Å²) in [5, 5.41) is 18.7. The van der Waals surface area contributed by atoms with Crippen molar-refractivity contribution in [3.05, 3.63) is 12.7 Å². The molecular formula is C28H46O8. The number of carbonyl (C=O) groups excluding carboxylic acids is 4. The zero-order valence-electron chi connectivity index (χ0n) is 22.6. The number of carbonyl (C=O) groups is 4. The normalized spacial score (nSPS) is 28.6. The van der Waals surface area contributed by atoms with E-state index in [9.17, 15) is 24.3 Å². The molecule has 5 unspecified atom stereocenters. The van der Waals surface area contributed by atoms with E-state index in [1.165, 1.54) is 6.92 Å². The van der Waals surface area contributed by atoms with Crippen molar-refractivity contribution in [1.82, 2.24) is 0 Å². The highest BCUT2D eigenvalue weighted by Crippen LogP contribution is 2.45. The van der Waals surface area contributed by atoms with Gasteiger partial charge in [-0.25, -0.2) is 0 Å². The fourth-order valence-corrected chi connectivity index (χ4v) is 5.69. The van der Waals surface area contributed by atoms with E-state index in [4.69, 9.17) is 14.6 Å². The number of ether oxygens (including phenoxy) is 2. The highest BCUT2D eigenvalue weighted by atomic mass is 16.5. The van der Waals surface area contributed by atoms with Crippen LogP contribution in [0.4, 0.5) is 0 Å². The van der Waals surface area contributed by atoms with Crippen molar-refractivity contribution in [2.24, 2.45) is 22.7 Å². The number of esters is 2. The smallest absolute Gasteiger partial charge is 0.312 e. The second kappa shape index (κ2) is 15.3. The summed E-state index contributed by atoms with van der Waals surface area (Å²) in [7, 11) is 0. The lowest BCUT2D eigenvalue weighted by molar-refractivity contribution is -0.162. The number of Topliss-reactive ketones (excluding diaryl/α,β-unsaturated/α-hetero) is 2. The van der Waals surface area contributed by atoms with Gasteiger partial charge in [-0.2, -0.15) is 0 Å². The average molecular weight is 511 g/mol. The van der Waals surface area contributed by atoms with Gasteiger partial charge >= 0.3 is 11.9 Å². The van der Waals surface area contributed by atoms with Crippen LogP contribution < -0.4 is 0 Å². The largest absolute Gasteiger partial charge is 0.466 e. The Hall–Kier alpha value is -2.06. The summed E-state index contributed by atoms with van der Waals surface area (Å²) in [4.78, 5) is 47.4. The molecular weight excluding hydrogens is 464 g/mol. The van der Waals surface area contributed by atoms with E-state index in [1.54, 1.807) is 19.9 Å². The predicted molar refractivity (Wildman–Crippen MR) is 136 cm³/mol. The standard InChI is InChI=1S/C14H24O5.C14H22O3/c1-3-19-13(18)14(8-12(17)9-15)6-4-5-11(7-14)10(2)16;1-4-8-14(13(16)17-5-2)9-6-7-12(10-14)11(3)15/h11-12,15,17H,3-9H2,1-2H3;4,12H,1,5-10H2,2-3H3. The molecule has 2 rings (SSSR count). The van der Waals surface area contributed by atoms with Crippen molar-refractivity contribution < 1.29 is 38.9 Å². The van der Waals surface area contributed by atoms with E-state index < -0.39 is 16.9 Å². The van der Waals surface area contributed by atoms with Crippen LogP contribution in [0.15, 0.2) is 12.7 Å². The molecule has 0 radical (unpaired) electrons. The van der Waals surface area contributed by atoms with Crippen LogP contribution in [0.3, 0.4) is 0 Å². The molecule has 2 fully saturated rings. The summed E-state index contributed by atoms with van der Waals surface area (Å²) < 4.78 is 10.3. The van der Waals surface area contributed by atoms with Gasteiger partial charge in [0.15, 0.2) is 0 Å². The molecule has 2 N–H and O–H groups in total. The summed E-state index contributed by atoms with van der Waals surface area (Å²) in [5.74, 6) is -0.397. The molecule has 2 saturated carbocycles. The summed E-state index contributed by atoms with van der Waals surface area (Å²) >= 11 is 0.